The number of hydrogen-bond acceptors (Lipinski definition) is 7. The first-order valence-electron chi connectivity index (χ1n) is 14.7. The van der Waals surface area contributed by atoms with Crippen molar-refractivity contribution in [1.29, 1.82) is 15.8 Å². The monoisotopic (exact) mass is 594 g/mol. The molecule has 0 spiro atoms. The van der Waals surface area contributed by atoms with Gasteiger partial charge in [0.2, 0.25) is 0 Å². The van der Waals surface area contributed by atoms with E-state index in [-0.39, 0.29) is 28.9 Å². The second-order valence-corrected chi connectivity index (χ2v) is 13.2. The average Bonchev–Trinajstić information content (AvgIpc) is 3.22. The van der Waals surface area contributed by atoms with E-state index in [1.165, 1.54) is 16.1 Å². The highest BCUT2D eigenvalue weighted by Crippen LogP contribution is 2.47. The predicted octanol–water partition coefficient (Wildman–Crippen LogP) is 8.15. The molecule has 1 heterocycles. The van der Waals surface area contributed by atoms with Gasteiger partial charge in [0, 0.05) is 29.8 Å². The van der Waals surface area contributed by atoms with Crippen LogP contribution in [0.3, 0.4) is 0 Å². The number of likely N-dealkylation sites (N-methyl/N-ethyl adjacent to an activating group) is 1. The summed E-state index contributed by atoms with van der Waals surface area (Å²) < 4.78 is 5.92. The summed E-state index contributed by atoms with van der Waals surface area (Å²) in [6.07, 6.45) is 14.6. The van der Waals surface area contributed by atoms with E-state index >= 15 is 0 Å². The third kappa shape index (κ3) is 8.55. The Bertz CT molecular complexity index is 1480. The van der Waals surface area contributed by atoms with Gasteiger partial charge in [0.05, 0.1) is 6.61 Å². The maximum absolute atomic E-state index is 9.89. The maximum atomic E-state index is 9.89. The van der Waals surface area contributed by atoms with Crippen molar-refractivity contribution < 1.29 is 9.84 Å². The van der Waals surface area contributed by atoms with Gasteiger partial charge < -0.3 is 14.7 Å². The number of nitriles is 3. The lowest BCUT2D eigenvalue weighted by Crippen LogP contribution is -2.21. The highest BCUT2D eigenvalue weighted by Gasteiger charge is 2.38. The van der Waals surface area contributed by atoms with E-state index in [1.54, 1.807) is 0 Å². The second kappa shape index (κ2) is 15.0. The lowest BCUT2D eigenvalue weighted by atomic mass is 9.74. The zero-order chi connectivity index (χ0) is 31.6. The van der Waals surface area contributed by atoms with Gasteiger partial charge in [-0.25, -0.2) is 0 Å². The van der Waals surface area contributed by atoms with E-state index < -0.39 is 5.60 Å². The van der Waals surface area contributed by atoms with Crippen LogP contribution in [0.2, 0.25) is 0 Å². The average molecular weight is 595 g/mol. The fourth-order valence-electron chi connectivity index (χ4n) is 5.29. The molecule has 1 aromatic carbocycles. The van der Waals surface area contributed by atoms with E-state index in [4.69, 9.17) is 4.74 Å². The molecule has 6 nitrogen and oxygen atoms in total. The Morgan fingerprint density at radius 2 is 1.74 bits per heavy atom. The number of unbranched alkanes of at least 4 members (excludes halogenated alkanes) is 1. The Kier molecular flexibility index (Phi) is 11.7. The number of nitrogens with zero attached hydrogens (tertiary/aromatic N) is 4. The quantitative estimate of drug-likeness (QED) is 0.204. The molecule has 43 heavy (non-hydrogen) atoms. The summed E-state index contributed by atoms with van der Waals surface area (Å²) in [5.41, 5.74) is 4.69. The molecule has 0 saturated carbocycles. The van der Waals surface area contributed by atoms with Crippen molar-refractivity contribution in [2.45, 2.75) is 65.9 Å². The fraction of sp³-hybridized carbons (Fsp3) is 0.417. The van der Waals surface area contributed by atoms with Crippen molar-refractivity contribution >= 4 is 23.5 Å². The minimum atomic E-state index is -0.842. The molecule has 0 bridgehead atoms. The SMILES string of the molecule is CCCCSC1=C(/C=C/c2ccc(N(C)CCO)cc2)CC(C)(C)C/C1=C\C=C\C1=C(C#N)C(=C(C#N)C#N)OC1(C)C. The zero-order valence-electron chi connectivity index (χ0n) is 26.2. The molecule has 1 aliphatic carbocycles. The molecule has 0 unspecified atom stereocenters. The summed E-state index contributed by atoms with van der Waals surface area (Å²) in [6.45, 7) is 11.2. The normalized spacial score (nSPS) is 18.6. The van der Waals surface area contributed by atoms with Crippen LogP contribution in [-0.4, -0.2) is 36.7 Å². The lowest BCUT2D eigenvalue weighted by Gasteiger charge is -2.34. The number of anilines is 1. The van der Waals surface area contributed by atoms with Crippen LogP contribution in [-0.2, 0) is 4.74 Å². The van der Waals surface area contributed by atoms with E-state index in [2.05, 4.69) is 69.3 Å². The van der Waals surface area contributed by atoms with Crippen LogP contribution in [0, 0.1) is 39.4 Å². The summed E-state index contributed by atoms with van der Waals surface area (Å²) in [7, 11) is 1.97. The molecule has 224 valence electrons. The second-order valence-electron chi connectivity index (χ2n) is 12.1. The molecule has 0 fully saturated rings. The summed E-state index contributed by atoms with van der Waals surface area (Å²) in [4.78, 5) is 3.34. The Morgan fingerprint density at radius 1 is 1.05 bits per heavy atom. The molecule has 2 aliphatic rings. The first-order valence-corrected chi connectivity index (χ1v) is 15.7. The Balaban J connectivity index is 2.03. The van der Waals surface area contributed by atoms with Crippen molar-refractivity contribution in [3.8, 4) is 18.2 Å². The van der Waals surface area contributed by atoms with Crippen LogP contribution in [0.15, 0.2) is 87.1 Å². The van der Waals surface area contributed by atoms with Gasteiger partial charge in [0.25, 0.3) is 0 Å². The zero-order valence-corrected chi connectivity index (χ0v) is 27.0. The van der Waals surface area contributed by atoms with Crippen molar-refractivity contribution in [3.05, 3.63) is 92.7 Å². The van der Waals surface area contributed by atoms with E-state index in [9.17, 15) is 20.9 Å². The third-order valence-corrected chi connectivity index (χ3v) is 8.84. The number of aliphatic hydroxyl groups excluding tert-OH is 1. The van der Waals surface area contributed by atoms with Gasteiger partial charge in [-0.05, 0) is 73.1 Å². The predicted molar refractivity (Wildman–Crippen MR) is 177 cm³/mol. The Hall–Kier alpha value is -3.96. The third-order valence-electron chi connectivity index (χ3n) is 7.54. The molecule has 0 radical (unpaired) electrons. The van der Waals surface area contributed by atoms with Gasteiger partial charge in [-0.2, -0.15) is 15.8 Å². The van der Waals surface area contributed by atoms with Crippen LogP contribution in [0.1, 0.15) is 65.9 Å². The maximum Gasteiger partial charge on any atom is 0.172 e. The van der Waals surface area contributed by atoms with Gasteiger partial charge >= 0.3 is 0 Å². The molecule has 3 rings (SSSR count). The molecule has 0 aromatic heterocycles. The largest absolute Gasteiger partial charge is 0.480 e. The first-order chi connectivity index (χ1) is 20.5. The molecule has 0 atom stereocenters. The van der Waals surface area contributed by atoms with Gasteiger partial charge in [-0.3, -0.25) is 0 Å². The van der Waals surface area contributed by atoms with E-state index in [1.807, 2.05) is 61.8 Å². The molecule has 0 saturated heterocycles. The van der Waals surface area contributed by atoms with E-state index in [0.29, 0.717) is 12.1 Å². The standard InChI is InChI=1S/C36H42N4O2S/c1-7-8-20-43-34-27(10-9-11-32-31(25-39)33(29(23-37)24-38)42-36(32,4)5)21-35(2,3)22-28(34)15-12-26-13-16-30(17-14-26)40(6)18-19-41/h9-17,41H,7-8,18-22H2,1-6H3/b11-9+,15-12+,27-10+. The fourth-order valence-corrected chi connectivity index (χ4v) is 6.58. The van der Waals surface area contributed by atoms with Crippen LogP contribution < -0.4 is 4.90 Å². The van der Waals surface area contributed by atoms with Gasteiger partial charge in [0.1, 0.15) is 29.4 Å². The molecule has 1 N–H and O–H groups in total. The van der Waals surface area contributed by atoms with Gasteiger partial charge in [-0.1, -0.05) is 69.7 Å². The number of rotatable bonds is 11. The molecule has 7 heteroatoms. The number of allylic oxidation sites excluding steroid dienone is 7. The highest BCUT2D eigenvalue weighted by molar-refractivity contribution is 8.03. The van der Waals surface area contributed by atoms with Crippen LogP contribution >= 0.6 is 11.8 Å². The molecular formula is C36H42N4O2S. The lowest BCUT2D eigenvalue weighted by molar-refractivity contribution is 0.0954. The molecule has 1 aromatic rings. The molecular weight excluding hydrogens is 552 g/mol. The van der Waals surface area contributed by atoms with Crippen molar-refractivity contribution in [2.24, 2.45) is 5.41 Å². The van der Waals surface area contributed by atoms with E-state index in [0.717, 1.165) is 42.7 Å². The summed E-state index contributed by atoms with van der Waals surface area (Å²) >= 11 is 1.91. The molecule has 0 amide bonds. The summed E-state index contributed by atoms with van der Waals surface area (Å²) in [5, 5.41) is 37.9. The van der Waals surface area contributed by atoms with Crippen LogP contribution in [0.4, 0.5) is 5.69 Å². The number of ether oxygens (including phenoxy) is 1. The van der Waals surface area contributed by atoms with Gasteiger partial charge in [0.15, 0.2) is 11.3 Å². The number of benzene rings is 1. The van der Waals surface area contributed by atoms with Crippen LogP contribution in [0.25, 0.3) is 6.08 Å². The Morgan fingerprint density at radius 3 is 2.35 bits per heavy atom. The van der Waals surface area contributed by atoms with Crippen molar-refractivity contribution in [2.75, 3.05) is 30.9 Å². The van der Waals surface area contributed by atoms with Crippen molar-refractivity contribution in [3.63, 3.8) is 0 Å². The minimum Gasteiger partial charge on any atom is -0.480 e. The Labute approximate surface area is 261 Å². The van der Waals surface area contributed by atoms with Crippen molar-refractivity contribution in [1.82, 2.24) is 0 Å². The van der Waals surface area contributed by atoms with Gasteiger partial charge in [-0.15, -0.1) is 11.8 Å². The first kappa shape index (κ1) is 33.5. The smallest absolute Gasteiger partial charge is 0.172 e. The topological polar surface area (TPSA) is 104 Å². The summed E-state index contributed by atoms with van der Waals surface area (Å²) in [6, 6.07) is 14.2. The number of thioether (sulfide) groups is 1. The molecule has 1 aliphatic heterocycles. The highest BCUT2D eigenvalue weighted by atomic mass is 32.2. The minimum absolute atomic E-state index is 0.0554. The number of hydrogen-bond donors (Lipinski definition) is 1. The summed E-state index contributed by atoms with van der Waals surface area (Å²) in [5.74, 6) is 1.10. The van der Waals surface area contributed by atoms with Crippen LogP contribution in [0.5, 0.6) is 0 Å². The number of aliphatic hydroxyl groups is 1.